The van der Waals surface area contributed by atoms with Crippen molar-refractivity contribution in [1.29, 1.82) is 5.26 Å². The monoisotopic (exact) mass is 529 g/mol. The number of amides is 3. The van der Waals surface area contributed by atoms with Crippen LogP contribution in [0.25, 0.3) is 0 Å². The molecule has 2 aromatic rings. The number of hydrogen-bond acceptors (Lipinski definition) is 7. The van der Waals surface area contributed by atoms with E-state index in [0.29, 0.717) is 31.1 Å². The Morgan fingerprint density at radius 3 is 2.59 bits per heavy atom. The number of aromatic nitrogens is 1. The zero-order chi connectivity index (χ0) is 27.2. The Kier molecular flexibility index (Phi) is 8.74. The van der Waals surface area contributed by atoms with Gasteiger partial charge < -0.3 is 15.5 Å². The van der Waals surface area contributed by atoms with Gasteiger partial charge in [-0.2, -0.15) is 5.26 Å². The van der Waals surface area contributed by atoms with Gasteiger partial charge in [0, 0.05) is 63.4 Å². The van der Waals surface area contributed by atoms with E-state index >= 15 is 0 Å². The summed E-state index contributed by atoms with van der Waals surface area (Å²) in [6.45, 7) is 4.35. The van der Waals surface area contributed by atoms with E-state index in [1.54, 1.807) is 6.07 Å². The van der Waals surface area contributed by atoms with Crippen LogP contribution >= 0.6 is 0 Å². The number of hydrogen-bond donors (Lipinski definition) is 1. The quantitative estimate of drug-likeness (QED) is 0.557. The van der Waals surface area contributed by atoms with Crippen LogP contribution in [0.1, 0.15) is 56.1 Å². The van der Waals surface area contributed by atoms with Crippen molar-refractivity contribution in [2.45, 2.75) is 63.7 Å². The Balaban J connectivity index is 1.21. The molecule has 3 aliphatic rings. The molecule has 9 nitrogen and oxygen atoms in total. The summed E-state index contributed by atoms with van der Waals surface area (Å²) in [5.74, 6) is 0.504. The van der Waals surface area contributed by atoms with Crippen LogP contribution in [-0.2, 0) is 11.3 Å². The molecule has 3 aliphatic heterocycles. The highest BCUT2D eigenvalue weighted by Gasteiger charge is 2.42. The Morgan fingerprint density at radius 1 is 1.05 bits per heavy atom. The number of nitrogens with zero attached hydrogens (tertiary/aromatic N) is 6. The van der Waals surface area contributed by atoms with Gasteiger partial charge in [0.15, 0.2) is 0 Å². The summed E-state index contributed by atoms with van der Waals surface area (Å²) in [5, 5.41) is 9.35. The Labute approximate surface area is 231 Å². The zero-order valence-corrected chi connectivity index (χ0v) is 22.6. The maximum Gasteiger partial charge on any atom is 0.328 e. The van der Waals surface area contributed by atoms with E-state index in [9.17, 15) is 14.9 Å². The molecule has 3 fully saturated rings. The number of piperidine rings is 2. The number of anilines is 1. The summed E-state index contributed by atoms with van der Waals surface area (Å²) in [6.07, 6.45) is 9.61. The average Bonchev–Trinajstić information content (AvgIpc) is 2.97. The number of carbonyl (C=O) groups is 2. The van der Waals surface area contributed by atoms with Crippen molar-refractivity contribution in [3.05, 3.63) is 59.9 Å². The summed E-state index contributed by atoms with van der Waals surface area (Å²) in [4.78, 5) is 39.1. The second kappa shape index (κ2) is 12.6. The largest absolute Gasteiger partial charge is 0.371 e. The van der Waals surface area contributed by atoms with Crippen molar-refractivity contribution < 1.29 is 9.59 Å². The number of likely N-dealkylation sites (tertiary alicyclic amines) is 1. The van der Waals surface area contributed by atoms with Gasteiger partial charge in [-0.25, -0.2) is 4.79 Å². The van der Waals surface area contributed by atoms with Crippen molar-refractivity contribution in [3.8, 4) is 6.07 Å². The molecule has 4 heterocycles. The van der Waals surface area contributed by atoms with Crippen LogP contribution in [0.3, 0.4) is 0 Å². The fourth-order valence-corrected chi connectivity index (χ4v) is 6.31. The van der Waals surface area contributed by atoms with E-state index < -0.39 is 0 Å². The molecule has 3 amide bonds. The van der Waals surface area contributed by atoms with E-state index in [4.69, 9.17) is 5.73 Å². The second-order valence-corrected chi connectivity index (χ2v) is 11.1. The van der Waals surface area contributed by atoms with E-state index in [-0.39, 0.29) is 30.6 Å². The number of carbonyl (C=O) groups excluding carboxylic acids is 2. The number of urea groups is 1. The lowest BCUT2D eigenvalue weighted by Gasteiger charge is -2.47. The fraction of sp³-hybridized carbons (Fsp3) is 0.533. The molecule has 0 radical (unpaired) electrons. The van der Waals surface area contributed by atoms with Gasteiger partial charge in [-0.05, 0) is 74.3 Å². The highest BCUT2D eigenvalue weighted by Crippen LogP contribution is 2.28. The molecule has 2 N–H and O–H groups in total. The van der Waals surface area contributed by atoms with E-state index in [0.717, 1.165) is 63.7 Å². The lowest BCUT2D eigenvalue weighted by atomic mass is 9.92. The molecule has 9 heteroatoms. The maximum absolute atomic E-state index is 13.8. The van der Waals surface area contributed by atoms with Gasteiger partial charge in [0.05, 0.1) is 24.2 Å². The smallest absolute Gasteiger partial charge is 0.328 e. The predicted molar refractivity (Wildman–Crippen MR) is 149 cm³/mol. The first-order valence-corrected chi connectivity index (χ1v) is 14.3. The van der Waals surface area contributed by atoms with Crippen molar-refractivity contribution in [1.82, 2.24) is 19.7 Å². The molecular weight excluding hydrogens is 490 g/mol. The highest BCUT2D eigenvalue weighted by molar-refractivity contribution is 5.97. The van der Waals surface area contributed by atoms with Gasteiger partial charge in [-0.1, -0.05) is 12.1 Å². The standard InChI is InChI=1S/C30H39N7O2/c31-20-24-4-1-5-25(18-24)21-37-28(35-14-3-7-26(32)22-35)19-29(38)36(30(37)39)15-2-6-23-10-16-34(17-11-23)27-8-12-33-13-9-27/h1,4-5,8-9,12-13,18,23,26,28H,2-3,6-7,10-11,14-17,19,21-22,32H2. The molecule has 1 aromatic carbocycles. The number of rotatable bonds is 8. The van der Waals surface area contributed by atoms with Gasteiger partial charge in [-0.15, -0.1) is 0 Å². The van der Waals surface area contributed by atoms with Gasteiger partial charge >= 0.3 is 6.03 Å². The molecule has 3 saturated heterocycles. The van der Waals surface area contributed by atoms with Crippen LogP contribution < -0.4 is 10.6 Å². The van der Waals surface area contributed by atoms with Crippen molar-refractivity contribution >= 4 is 17.6 Å². The number of nitrogens with two attached hydrogens (primary N) is 1. The molecule has 0 saturated carbocycles. The molecule has 39 heavy (non-hydrogen) atoms. The molecule has 2 unspecified atom stereocenters. The summed E-state index contributed by atoms with van der Waals surface area (Å²) in [5.41, 5.74) is 8.94. The number of imide groups is 1. The van der Waals surface area contributed by atoms with Crippen LogP contribution in [0.15, 0.2) is 48.8 Å². The summed E-state index contributed by atoms with van der Waals surface area (Å²) in [6, 6.07) is 13.5. The Hall–Kier alpha value is -3.48. The Bertz CT molecular complexity index is 1180. The van der Waals surface area contributed by atoms with Crippen LogP contribution in [0.4, 0.5) is 10.5 Å². The van der Waals surface area contributed by atoms with Gasteiger partial charge in [0.2, 0.25) is 5.91 Å². The van der Waals surface area contributed by atoms with Crippen molar-refractivity contribution in [2.75, 3.05) is 37.6 Å². The normalized spacial score (nSPS) is 23.2. The maximum atomic E-state index is 13.8. The van der Waals surface area contributed by atoms with Crippen LogP contribution in [0.5, 0.6) is 0 Å². The molecule has 2 atom stereocenters. The minimum atomic E-state index is -0.309. The van der Waals surface area contributed by atoms with E-state index in [1.807, 2.05) is 35.5 Å². The SMILES string of the molecule is N#Cc1cccc(CN2C(=O)N(CCCC3CCN(c4ccncc4)CC3)C(=O)CC2N2CCCC(N)C2)c1. The molecule has 0 spiro atoms. The number of nitriles is 1. The highest BCUT2D eigenvalue weighted by atomic mass is 16.2. The number of benzene rings is 1. The second-order valence-electron chi connectivity index (χ2n) is 11.1. The van der Waals surface area contributed by atoms with Crippen molar-refractivity contribution in [2.24, 2.45) is 11.7 Å². The minimum absolute atomic E-state index is 0.0516. The first kappa shape index (κ1) is 27.1. The summed E-state index contributed by atoms with van der Waals surface area (Å²) < 4.78 is 0. The third-order valence-corrected chi connectivity index (χ3v) is 8.45. The Morgan fingerprint density at radius 2 is 1.85 bits per heavy atom. The zero-order valence-electron chi connectivity index (χ0n) is 22.6. The predicted octanol–water partition coefficient (Wildman–Crippen LogP) is 3.55. The minimum Gasteiger partial charge on any atom is -0.371 e. The molecule has 1 aromatic heterocycles. The summed E-state index contributed by atoms with van der Waals surface area (Å²) in [7, 11) is 0. The van der Waals surface area contributed by atoms with Gasteiger partial charge in [0.1, 0.15) is 0 Å². The lowest BCUT2D eigenvalue weighted by molar-refractivity contribution is -0.137. The first-order chi connectivity index (χ1) is 19.0. The fourth-order valence-electron chi connectivity index (χ4n) is 6.31. The van der Waals surface area contributed by atoms with E-state index in [2.05, 4.69) is 33.0 Å². The van der Waals surface area contributed by atoms with Crippen LogP contribution in [0, 0.1) is 17.2 Å². The van der Waals surface area contributed by atoms with Gasteiger partial charge in [-0.3, -0.25) is 19.6 Å². The molecule has 5 rings (SSSR count). The first-order valence-electron chi connectivity index (χ1n) is 14.3. The summed E-state index contributed by atoms with van der Waals surface area (Å²) >= 11 is 0. The van der Waals surface area contributed by atoms with E-state index in [1.165, 1.54) is 10.6 Å². The third-order valence-electron chi connectivity index (χ3n) is 8.45. The molecule has 0 bridgehead atoms. The van der Waals surface area contributed by atoms with Crippen LogP contribution in [-0.4, -0.2) is 76.6 Å². The van der Waals surface area contributed by atoms with Crippen molar-refractivity contribution in [3.63, 3.8) is 0 Å². The number of pyridine rings is 1. The third kappa shape index (κ3) is 6.57. The topological polar surface area (TPSA) is 110 Å². The molecular formula is C30H39N7O2. The molecule has 0 aliphatic carbocycles. The lowest BCUT2D eigenvalue weighted by Crippen LogP contribution is -2.63. The van der Waals surface area contributed by atoms with Crippen LogP contribution in [0.2, 0.25) is 0 Å². The average molecular weight is 530 g/mol. The molecule has 206 valence electrons. The van der Waals surface area contributed by atoms with Gasteiger partial charge in [0.25, 0.3) is 0 Å².